The van der Waals surface area contributed by atoms with Crippen LogP contribution in [0.15, 0.2) is 80.5 Å². The van der Waals surface area contributed by atoms with Gasteiger partial charge in [-0.2, -0.15) is 0 Å². The molecule has 458 valence electrons. The lowest BCUT2D eigenvalue weighted by Crippen LogP contribution is -2.52. The van der Waals surface area contributed by atoms with Gasteiger partial charge in [0.05, 0.1) is 46.8 Å². The Bertz CT molecular complexity index is 3470. The molecule has 34 heteroatoms. The van der Waals surface area contributed by atoms with Crippen LogP contribution < -0.4 is 48.3 Å². The molecule has 7 heterocycles. The molecule has 0 aromatic carbocycles. The Morgan fingerprint density at radius 1 is 0.860 bits per heavy atom. The van der Waals surface area contributed by atoms with E-state index in [0.717, 1.165) is 57.1 Å². The van der Waals surface area contributed by atoms with E-state index in [2.05, 4.69) is 77.2 Å². The molecule has 0 fully saturated rings. The van der Waals surface area contributed by atoms with Gasteiger partial charge in [0, 0.05) is 27.3 Å². The maximum atomic E-state index is 14.5. The minimum atomic E-state index is -2.08. The molecule has 1 spiro atoms. The summed E-state index contributed by atoms with van der Waals surface area (Å²) in [5, 5.41) is 71.4. The molecule has 0 saturated carbocycles. The van der Waals surface area contributed by atoms with Crippen LogP contribution in [0.25, 0.3) is 0 Å². The lowest BCUT2D eigenvalue weighted by Gasteiger charge is -2.34. The van der Waals surface area contributed by atoms with Crippen LogP contribution in [0.3, 0.4) is 0 Å². The van der Waals surface area contributed by atoms with E-state index < -0.39 is 130 Å². The molecule has 11 atom stereocenters. The summed E-state index contributed by atoms with van der Waals surface area (Å²) in [5.41, 5.74) is 0.0891. The molecule has 14 N–H and O–H groups in total. The third-order valence-corrected chi connectivity index (χ3v) is 18.3. The number of aliphatic imine (C=N–C) groups is 2. The largest absolute Gasteiger partial charge is 0.445 e. The van der Waals surface area contributed by atoms with Gasteiger partial charge in [0.15, 0.2) is 0 Å². The number of hydrogen-bond acceptors (Lipinski definition) is 25. The molecule has 29 nitrogen and oxygen atoms in total. The van der Waals surface area contributed by atoms with Gasteiger partial charge in [-0.15, -0.1) is 57.1 Å². The van der Waals surface area contributed by atoms with Gasteiger partial charge in [-0.1, -0.05) is 31.9 Å². The molecule has 4 aromatic rings. The third kappa shape index (κ3) is 14.8. The number of carbonyl (C=O) groups is 9. The first-order valence-electron chi connectivity index (χ1n) is 26.0. The third-order valence-electron chi connectivity index (χ3n) is 13.5. The number of thioether (sulfide) groups is 1. The number of hydrogen-bond donors (Lipinski definition) is 13. The molecule has 8 bridgehead atoms. The molecule has 3 aliphatic rings. The lowest BCUT2D eigenvalue weighted by atomic mass is 9.86. The van der Waals surface area contributed by atoms with Gasteiger partial charge in [-0.3, -0.25) is 48.3 Å². The number of fused-ring (bicyclic) bond motifs is 8. The van der Waals surface area contributed by atoms with Crippen LogP contribution in [-0.4, -0.2) is 159 Å². The van der Waals surface area contributed by atoms with Crippen molar-refractivity contribution in [3.63, 3.8) is 0 Å². The Balaban J connectivity index is 1.37. The molecule has 3 aliphatic heterocycles. The van der Waals surface area contributed by atoms with Crippen molar-refractivity contribution < 1.29 is 68.3 Å². The predicted octanol–water partition coefficient (Wildman–Crippen LogP) is 0.676. The number of aliphatic hydroxyl groups excluding tert-OH is 3. The summed E-state index contributed by atoms with van der Waals surface area (Å²) in [4.78, 5) is 150. The summed E-state index contributed by atoms with van der Waals surface area (Å²) >= 11 is 4.82. The summed E-state index contributed by atoms with van der Waals surface area (Å²) < 4.78 is 5.07. The van der Waals surface area contributed by atoms with E-state index in [9.17, 15) is 63.6 Å². The quantitative estimate of drug-likeness (QED) is 0.0575. The fourth-order valence-corrected chi connectivity index (χ4v) is 13.3. The zero-order valence-electron chi connectivity index (χ0n) is 46.8. The number of rotatable bonds is 15. The van der Waals surface area contributed by atoms with Crippen molar-refractivity contribution in [1.82, 2.24) is 62.5 Å². The number of nitrogens with one attached hydrogen (secondary N) is 8. The number of amides is 9. The highest BCUT2D eigenvalue weighted by Crippen LogP contribution is 2.49. The normalized spacial score (nSPS) is 23.5. The fraction of sp³-hybridized carbons (Fsp3) is 0.404. The minimum absolute atomic E-state index is 0.00430. The van der Waals surface area contributed by atoms with Crippen LogP contribution in [0.1, 0.15) is 130 Å². The number of aromatic nitrogens is 4. The molecule has 4 aromatic heterocycles. The molecule has 86 heavy (non-hydrogen) atoms. The molecule has 0 radical (unpaired) electrons. The van der Waals surface area contributed by atoms with E-state index >= 15 is 0 Å². The Hall–Kier alpha value is -7.96. The van der Waals surface area contributed by atoms with E-state index in [4.69, 9.17) is 25.4 Å². The van der Waals surface area contributed by atoms with Crippen LogP contribution in [0.4, 0.5) is 4.79 Å². The van der Waals surface area contributed by atoms with Crippen molar-refractivity contribution in [2.75, 3.05) is 12.4 Å². The standard InChI is InChI=1S/C52H61N15O14S5/c1-10-14-81-50(79)56-22(5)39(73)65-35-28-15-84-47(58-28)34(24(7)69)64-41(75)30-18-85-48(61-30)36(51(9,80)25(8)70)66-43(77)31-17-82-45(59-31)26(11-2)57-44(78)33(23(6)68)63-42(76)32-19-86-49(62-32)52(35)13-12-27(67-52)46-60-29(16-83-46)40(74)55-21(4)38(72)54-20(3)37(53)71/h10-11,15-16,18-19,22-25,31,33-36,68-70,80H,1,3-4,12-14,17H2,2,5-9H3,(H2,53,71)(H,54,72)(H,55,74)(H,56,79)(H,57,78)(H,63,76)(H,64,75)(H,65,73)(H,66,77)/b26-11-/t22-,23+,24+,25+,31+,33-,34-,35-,36+,51+,52-/m0/s1. The molecule has 9 amide bonds. The lowest BCUT2D eigenvalue weighted by molar-refractivity contribution is -0.128. The summed E-state index contributed by atoms with van der Waals surface area (Å²) in [6, 6.07) is -8.17. The smallest absolute Gasteiger partial charge is 0.408 e. The van der Waals surface area contributed by atoms with Crippen LogP contribution in [0, 0.1) is 0 Å². The number of nitrogens with two attached hydrogens (primary N) is 1. The maximum Gasteiger partial charge on any atom is 0.408 e. The number of primary amides is 1. The monoisotopic (exact) mass is 1280 g/mol. The van der Waals surface area contributed by atoms with Crippen LogP contribution in [0.5, 0.6) is 0 Å². The van der Waals surface area contributed by atoms with Gasteiger partial charge in [0.1, 0.15) is 96.2 Å². The van der Waals surface area contributed by atoms with E-state index in [0.29, 0.717) is 0 Å². The van der Waals surface area contributed by atoms with Crippen LogP contribution >= 0.6 is 57.1 Å². The number of carbonyl (C=O) groups excluding carboxylic acids is 9. The summed E-state index contributed by atoms with van der Waals surface area (Å²) in [6.07, 6.45) is -2.50. The van der Waals surface area contributed by atoms with Crippen molar-refractivity contribution in [1.29, 1.82) is 0 Å². The minimum Gasteiger partial charge on any atom is -0.445 e. The molecular weight excluding hydrogens is 1220 g/mol. The summed E-state index contributed by atoms with van der Waals surface area (Å²) in [7, 11) is 0. The fourth-order valence-electron chi connectivity index (χ4n) is 8.42. The Labute approximate surface area is 510 Å². The second-order valence-electron chi connectivity index (χ2n) is 19.8. The predicted molar refractivity (Wildman–Crippen MR) is 318 cm³/mol. The number of nitrogens with zero attached hydrogens (tertiary/aromatic N) is 6. The van der Waals surface area contributed by atoms with Gasteiger partial charge < -0.3 is 73.4 Å². The van der Waals surface area contributed by atoms with Crippen molar-refractivity contribution in [2.24, 2.45) is 15.7 Å². The first kappa shape index (κ1) is 65.6. The van der Waals surface area contributed by atoms with Gasteiger partial charge in [-0.05, 0) is 54.4 Å². The van der Waals surface area contributed by atoms with Crippen LogP contribution in [0.2, 0.25) is 0 Å². The van der Waals surface area contributed by atoms with Gasteiger partial charge in [0.25, 0.3) is 29.5 Å². The van der Waals surface area contributed by atoms with Crippen molar-refractivity contribution in [3.05, 3.63) is 113 Å². The first-order valence-corrected chi connectivity index (χ1v) is 30.5. The first-order chi connectivity index (χ1) is 40.6. The number of thiazole rings is 4. The van der Waals surface area contributed by atoms with E-state index in [-0.39, 0.29) is 84.5 Å². The summed E-state index contributed by atoms with van der Waals surface area (Å²) in [6.45, 7) is 18.4. The van der Waals surface area contributed by atoms with Crippen molar-refractivity contribution in [2.45, 2.75) is 120 Å². The molecule has 0 aliphatic carbocycles. The average Bonchev–Trinajstić information content (AvgIpc) is 1.64. The second-order valence-corrected chi connectivity index (χ2v) is 24.3. The van der Waals surface area contributed by atoms with Crippen LogP contribution in [-0.2, 0) is 34.2 Å². The van der Waals surface area contributed by atoms with Gasteiger partial charge >= 0.3 is 6.09 Å². The number of alkyl carbamates (subject to hydrolysis) is 1. The maximum absolute atomic E-state index is 14.5. The highest BCUT2D eigenvalue weighted by molar-refractivity contribution is 8.14. The molecule has 7 rings (SSSR count). The summed E-state index contributed by atoms with van der Waals surface area (Å²) in [5.74, 6) is -7.03. The SMILES string of the molecule is C=CCOC(=O)N[C@@H](C)C(=O)N[C@H]1c2csc(n2)[C@H]([C@@H](C)O)NC(=O)c2csc(n2)[C@H]([C@](C)(O)[C@@H](C)O)NC(=O)[C@H]2CSC(=N2)/C(=C/C)NC(=O)[C@H]([C@@H](C)O)NC(=O)c2csc(n2)[C@]12CCC(c1nc(C(=O)NC(=C)C(=O)NC(=C)C(N)=O)cs1)=N2. The number of ether oxygens (including phenoxy) is 1. The highest BCUT2D eigenvalue weighted by Gasteiger charge is 2.51. The van der Waals surface area contributed by atoms with E-state index in [1.54, 1.807) is 6.92 Å². The number of aliphatic hydroxyl groups is 4. The second kappa shape index (κ2) is 27.6. The van der Waals surface area contributed by atoms with Gasteiger partial charge in [-0.25, -0.2) is 24.7 Å². The zero-order valence-corrected chi connectivity index (χ0v) is 50.9. The van der Waals surface area contributed by atoms with E-state index in [1.807, 2.05) is 0 Å². The average molecular weight is 1280 g/mol. The number of allylic oxidation sites excluding steroid dienone is 1. The Morgan fingerprint density at radius 3 is 2.17 bits per heavy atom. The Morgan fingerprint density at radius 2 is 1.52 bits per heavy atom. The molecule has 0 saturated heterocycles. The topological polar surface area (TPSA) is 442 Å². The Kier molecular flexibility index (Phi) is 21.0. The molecule has 0 unspecified atom stereocenters. The van der Waals surface area contributed by atoms with Crippen molar-refractivity contribution >= 4 is 121 Å². The van der Waals surface area contributed by atoms with Crippen molar-refractivity contribution in [3.8, 4) is 0 Å². The zero-order chi connectivity index (χ0) is 63.1. The molecular formula is C52H61N15O14S5. The van der Waals surface area contributed by atoms with Gasteiger partial charge in [0.2, 0.25) is 17.7 Å². The van der Waals surface area contributed by atoms with E-state index in [1.165, 1.54) is 68.3 Å². The highest BCUT2D eigenvalue weighted by atomic mass is 32.2.